The van der Waals surface area contributed by atoms with Crippen LogP contribution in [-0.2, 0) is 0 Å². The summed E-state index contributed by atoms with van der Waals surface area (Å²) < 4.78 is 18.2. The van der Waals surface area contributed by atoms with Gasteiger partial charge in [-0.1, -0.05) is 12.1 Å². The summed E-state index contributed by atoms with van der Waals surface area (Å²) in [5.74, 6) is 2.10. The summed E-state index contributed by atoms with van der Waals surface area (Å²) in [6.07, 6.45) is 4.89. The normalized spacial score (nSPS) is 10.8. The Hall–Kier alpha value is -4.99. The number of anilines is 1. The Bertz CT molecular complexity index is 1590. The average molecular weight is 469 g/mol. The van der Waals surface area contributed by atoms with Gasteiger partial charge < -0.3 is 19.2 Å². The van der Waals surface area contributed by atoms with Crippen molar-refractivity contribution in [3.63, 3.8) is 0 Å². The van der Waals surface area contributed by atoms with E-state index in [0.29, 0.717) is 34.3 Å². The van der Waals surface area contributed by atoms with Gasteiger partial charge in [0.1, 0.15) is 29.3 Å². The quantitative estimate of drug-likeness (QED) is 0.369. The number of aryl methyl sites for hydroxylation is 1. The van der Waals surface area contributed by atoms with Crippen molar-refractivity contribution < 1.29 is 18.7 Å². The number of carbonyl (C=O) groups is 1. The van der Waals surface area contributed by atoms with E-state index in [0.717, 1.165) is 5.82 Å². The first kappa shape index (κ1) is 21.8. The van der Waals surface area contributed by atoms with E-state index in [1.807, 2.05) is 11.5 Å². The molecular weight excluding hydrogens is 450 g/mol. The van der Waals surface area contributed by atoms with Crippen molar-refractivity contribution in [2.24, 2.45) is 0 Å². The van der Waals surface area contributed by atoms with Crippen molar-refractivity contribution in [3.8, 4) is 23.2 Å². The number of hydrogen-bond donors (Lipinski definition) is 1. The zero-order chi connectivity index (χ0) is 24.4. The molecule has 10 heteroatoms. The summed E-state index contributed by atoms with van der Waals surface area (Å²) >= 11 is 0. The van der Waals surface area contributed by atoms with E-state index in [-0.39, 0.29) is 11.1 Å². The zero-order valence-corrected chi connectivity index (χ0v) is 18.8. The van der Waals surface area contributed by atoms with Gasteiger partial charge in [-0.2, -0.15) is 0 Å². The zero-order valence-electron chi connectivity index (χ0n) is 18.8. The van der Waals surface area contributed by atoms with Crippen molar-refractivity contribution in [1.82, 2.24) is 19.5 Å². The number of imidazole rings is 1. The fraction of sp³-hybridized carbons (Fsp3) is 0.0800. The highest BCUT2D eigenvalue weighted by molar-refractivity contribution is 6.05. The van der Waals surface area contributed by atoms with E-state index in [1.165, 1.54) is 19.5 Å². The van der Waals surface area contributed by atoms with E-state index in [1.54, 1.807) is 60.9 Å². The first-order valence-electron chi connectivity index (χ1n) is 10.5. The Morgan fingerprint density at radius 1 is 1.06 bits per heavy atom. The molecule has 0 saturated heterocycles. The smallest absolute Gasteiger partial charge is 0.349 e. The van der Waals surface area contributed by atoms with Crippen molar-refractivity contribution in [1.29, 1.82) is 0 Å². The van der Waals surface area contributed by atoms with Gasteiger partial charge in [0.15, 0.2) is 11.3 Å². The van der Waals surface area contributed by atoms with Gasteiger partial charge in [-0.25, -0.2) is 19.7 Å². The third-order valence-electron chi connectivity index (χ3n) is 5.22. The number of carbonyl (C=O) groups excluding carboxylic acids is 1. The minimum absolute atomic E-state index is 0.116. The number of aromatic nitrogens is 4. The van der Waals surface area contributed by atoms with Crippen molar-refractivity contribution in [2.45, 2.75) is 6.92 Å². The molecule has 35 heavy (non-hydrogen) atoms. The standard InChI is InChI=1S/C25H19N5O5/c1-15-26-10-11-30(15)21-13-22(28-14-27-21)34-18-8-6-17(7-9-18)29-24(31)19-12-16-4-3-5-20(33-2)23(16)35-25(19)32/h3-14H,1-2H3,(H,29,31). The molecule has 3 aromatic heterocycles. The largest absolute Gasteiger partial charge is 0.493 e. The second kappa shape index (κ2) is 9.10. The van der Waals surface area contributed by atoms with Crippen molar-refractivity contribution >= 4 is 22.6 Å². The van der Waals surface area contributed by atoms with Gasteiger partial charge >= 0.3 is 5.63 Å². The van der Waals surface area contributed by atoms with Crippen LogP contribution in [0.15, 0.2) is 82.5 Å². The highest BCUT2D eigenvalue weighted by atomic mass is 16.5. The number of amides is 1. The summed E-state index contributed by atoms with van der Waals surface area (Å²) in [4.78, 5) is 37.7. The van der Waals surface area contributed by atoms with E-state index < -0.39 is 11.5 Å². The van der Waals surface area contributed by atoms with Crippen LogP contribution in [-0.4, -0.2) is 32.5 Å². The Morgan fingerprint density at radius 2 is 1.89 bits per heavy atom. The Kier molecular flexibility index (Phi) is 5.68. The molecule has 1 N–H and O–H groups in total. The van der Waals surface area contributed by atoms with Gasteiger partial charge in [0.05, 0.1) is 7.11 Å². The third-order valence-corrected chi connectivity index (χ3v) is 5.22. The maximum absolute atomic E-state index is 12.7. The lowest BCUT2D eigenvalue weighted by atomic mass is 10.1. The number of methoxy groups -OCH3 is 1. The summed E-state index contributed by atoms with van der Waals surface area (Å²) in [6.45, 7) is 1.87. The molecule has 2 aromatic carbocycles. The number of benzene rings is 2. The molecule has 0 radical (unpaired) electrons. The second-order valence-corrected chi connectivity index (χ2v) is 7.47. The summed E-state index contributed by atoms with van der Waals surface area (Å²) in [5.41, 5.74) is -0.111. The van der Waals surface area contributed by atoms with Crippen LogP contribution in [0.4, 0.5) is 5.69 Å². The van der Waals surface area contributed by atoms with Gasteiger partial charge in [-0.05, 0) is 43.3 Å². The van der Waals surface area contributed by atoms with Crippen LogP contribution in [0, 0.1) is 6.92 Å². The second-order valence-electron chi connectivity index (χ2n) is 7.47. The molecule has 3 heterocycles. The molecule has 0 bridgehead atoms. The van der Waals surface area contributed by atoms with Crippen molar-refractivity contribution in [2.75, 3.05) is 12.4 Å². The van der Waals surface area contributed by atoms with E-state index >= 15 is 0 Å². The van der Waals surface area contributed by atoms with Crippen LogP contribution >= 0.6 is 0 Å². The minimum Gasteiger partial charge on any atom is -0.493 e. The molecule has 1 amide bonds. The number of rotatable bonds is 6. The molecular formula is C25H19N5O5. The topological polar surface area (TPSA) is 121 Å². The predicted molar refractivity (Wildman–Crippen MR) is 127 cm³/mol. The number of fused-ring (bicyclic) bond motifs is 1. The fourth-order valence-corrected chi connectivity index (χ4v) is 3.50. The lowest BCUT2D eigenvalue weighted by Crippen LogP contribution is -2.20. The highest BCUT2D eigenvalue weighted by Gasteiger charge is 2.16. The van der Waals surface area contributed by atoms with Gasteiger partial charge in [0, 0.05) is 29.5 Å². The lowest BCUT2D eigenvalue weighted by molar-refractivity contribution is 0.102. The molecule has 10 nitrogen and oxygen atoms in total. The maximum atomic E-state index is 12.7. The number of nitrogens with zero attached hydrogens (tertiary/aromatic N) is 4. The van der Waals surface area contributed by atoms with Crippen LogP contribution in [0.1, 0.15) is 16.2 Å². The molecule has 0 aliphatic carbocycles. The molecule has 0 spiro atoms. The van der Waals surface area contributed by atoms with E-state index in [2.05, 4.69) is 20.3 Å². The number of nitrogens with one attached hydrogen (secondary N) is 1. The first-order valence-corrected chi connectivity index (χ1v) is 10.5. The minimum atomic E-state index is -0.757. The molecule has 5 rings (SSSR count). The summed E-state index contributed by atoms with van der Waals surface area (Å²) in [7, 11) is 1.48. The van der Waals surface area contributed by atoms with E-state index in [4.69, 9.17) is 13.9 Å². The molecule has 5 aromatic rings. The van der Waals surface area contributed by atoms with Crippen molar-refractivity contribution in [3.05, 3.63) is 95.1 Å². The van der Waals surface area contributed by atoms with Gasteiger partial charge in [0.25, 0.3) is 5.91 Å². The molecule has 0 fully saturated rings. The molecule has 0 saturated carbocycles. The van der Waals surface area contributed by atoms with Gasteiger partial charge in [-0.3, -0.25) is 9.36 Å². The lowest BCUT2D eigenvalue weighted by Gasteiger charge is -2.09. The Balaban J connectivity index is 1.31. The summed E-state index contributed by atoms with van der Waals surface area (Å²) in [5, 5.41) is 3.27. The third kappa shape index (κ3) is 4.44. The first-order chi connectivity index (χ1) is 17.0. The average Bonchev–Trinajstić information content (AvgIpc) is 3.30. The summed E-state index contributed by atoms with van der Waals surface area (Å²) in [6, 6.07) is 15.0. The van der Waals surface area contributed by atoms with Gasteiger partial charge in [0.2, 0.25) is 5.88 Å². The highest BCUT2D eigenvalue weighted by Crippen LogP contribution is 2.25. The SMILES string of the molecule is COc1cccc2cc(C(=O)Nc3ccc(Oc4cc(-n5ccnc5C)ncn4)cc3)c(=O)oc12. The predicted octanol–water partition coefficient (Wildman–Crippen LogP) is 4.13. The van der Waals surface area contributed by atoms with Gasteiger partial charge in [-0.15, -0.1) is 0 Å². The van der Waals surface area contributed by atoms with Crippen LogP contribution in [0.25, 0.3) is 16.8 Å². The number of hydrogen-bond acceptors (Lipinski definition) is 8. The van der Waals surface area contributed by atoms with Crippen LogP contribution in [0.5, 0.6) is 17.4 Å². The maximum Gasteiger partial charge on any atom is 0.349 e. The molecule has 0 aliphatic heterocycles. The Morgan fingerprint density at radius 3 is 2.63 bits per heavy atom. The fourth-order valence-electron chi connectivity index (χ4n) is 3.50. The number of para-hydroxylation sites is 1. The molecule has 0 aliphatic rings. The molecule has 174 valence electrons. The van der Waals surface area contributed by atoms with Crippen LogP contribution in [0.2, 0.25) is 0 Å². The Labute approximate surface area is 198 Å². The molecule has 0 atom stereocenters. The van der Waals surface area contributed by atoms with Crippen LogP contribution in [0.3, 0.4) is 0 Å². The molecule has 0 unspecified atom stereocenters. The number of ether oxygens (including phenoxy) is 2. The van der Waals surface area contributed by atoms with Crippen LogP contribution < -0.4 is 20.4 Å². The van der Waals surface area contributed by atoms with E-state index in [9.17, 15) is 9.59 Å². The monoisotopic (exact) mass is 469 g/mol.